The minimum absolute atomic E-state index is 0.0914. The molecule has 0 aliphatic carbocycles. The van der Waals surface area contributed by atoms with Crippen molar-refractivity contribution in [3.63, 3.8) is 0 Å². The molecule has 4 nitrogen and oxygen atoms in total. The maximum atomic E-state index is 11.7. The lowest BCUT2D eigenvalue weighted by Gasteiger charge is -2.06. The molecule has 72 valence electrons. The molecule has 0 unspecified atom stereocenters. The lowest BCUT2D eigenvalue weighted by Crippen LogP contribution is -2.21. The second-order valence-electron chi connectivity index (χ2n) is 2.98. The molecule has 5 heteroatoms. The largest absolute Gasteiger partial charge is 0.426 e. The number of aromatic nitrogens is 2. The van der Waals surface area contributed by atoms with E-state index in [0.29, 0.717) is 10.9 Å². The average molecular weight is 208 g/mol. The number of benzene rings is 1. The third-order valence-corrected chi connectivity index (χ3v) is 2.58. The third-order valence-electron chi connectivity index (χ3n) is 2.14. The van der Waals surface area contributed by atoms with Crippen molar-refractivity contribution in [1.82, 2.24) is 9.30 Å². The van der Waals surface area contributed by atoms with E-state index >= 15 is 0 Å². The predicted octanol–water partition coefficient (Wildman–Crippen LogP) is 1.31. The highest BCUT2D eigenvalue weighted by molar-refractivity contribution is 7.71. The second kappa shape index (κ2) is 2.95. The minimum atomic E-state index is -0.198. The Morgan fingerprint density at radius 3 is 2.71 bits per heavy atom. The summed E-state index contributed by atoms with van der Waals surface area (Å²) in [5.74, 6) is 0. The van der Waals surface area contributed by atoms with E-state index in [1.807, 2.05) is 0 Å². The number of fused-ring (bicyclic) bond motifs is 1. The Morgan fingerprint density at radius 1 is 1.36 bits per heavy atom. The van der Waals surface area contributed by atoms with E-state index in [2.05, 4.69) is 0 Å². The highest BCUT2D eigenvalue weighted by atomic mass is 32.1. The van der Waals surface area contributed by atoms with Crippen LogP contribution in [0.2, 0.25) is 0 Å². The number of hydrogen-bond donors (Lipinski definition) is 1. The van der Waals surface area contributed by atoms with Gasteiger partial charge in [0.25, 0.3) is 5.56 Å². The van der Waals surface area contributed by atoms with Gasteiger partial charge in [-0.3, -0.25) is 9.36 Å². The van der Waals surface area contributed by atoms with E-state index in [9.17, 15) is 10.0 Å². The normalized spacial score (nSPS) is 10.6. The van der Waals surface area contributed by atoms with E-state index in [1.165, 1.54) is 11.6 Å². The molecule has 0 aliphatic heterocycles. The van der Waals surface area contributed by atoms with Gasteiger partial charge in [-0.15, -0.1) is 0 Å². The van der Waals surface area contributed by atoms with Crippen molar-refractivity contribution in [1.29, 1.82) is 0 Å². The van der Waals surface area contributed by atoms with Crippen LogP contribution in [0.1, 0.15) is 0 Å². The summed E-state index contributed by atoms with van der Waals surface area (Å²) in [7, 11) is 1.53. The summed E-state index contributed by atoms with van der Waals surface area (Å²) in [6.45, 7) is 0. The summed E-state index contributed by atoms with van der Waals surface area (Å²) in [6.07, 6.45) is 0. The van der Waals surface area contributed by atoms with E-state index < -0.39 is 0 Å². The first-order chi connectivity index (χ1) is 6.63. The molecule has 0 atom stereocenters. The Morgan fingerprint density at radius 2 is 2.00 bits per heavy atom. The molecule has 0 bridgehead atoms. The maximum Gasteiger partial charge on any atom is 0.262 e. The van der Waals surface area contributed by atoms with Gasteiger partial charge in [0.2, 0.25) is 4.77 Å². The van der Waals surface area contributed by atoms with Gasteiger partial charge >= 0.3 is 0 Å². The number of rotatable bonds is 0. The molecule has 0 amide bonds. The van der Waals surface area contributed by atoms with Crippen molar-refractivity contribution in [3.05, 3.63) is 39.4 Å². The van der Waals surface area contributed by atoms with Crippen molar-refractivity contribution in [2.75, 3.05) is 0 Å². The van der Waals surface area contributed by atoms with Gasteiger partial charge in [0, 0.05) is 7.05 Å². The molecule has 0 spiro atoms. The summed E-state index contributed by atoms with van der Waals surface area (Å²) in [5.41, 5.74) is 0.233. The van der Waals surface area contributed by atoms with Crippen LogP contribution in [-0.2, 0) is 7.05 Å². The molecular formula is C9H8N2O2S. The third kappa shape index (κ3) is 1.06. The first kappa shape index (κ1) is 8.96. The topological polar surface area (TPSA) is 47.2 Å². The van der Waals surface area contributed by atoms with E-state index in [-0.39, 0.29) is 10.3 Å². The molecule has 1 heterocycles. The Bertz CT molecular complexity index is 612. The summed E-state index contributed by atoms with van der Waals surface area (Å²) in [5, 5.41) is 10.1. The standard InChI is InChI=1S/C9H8N2O2S/c1-10-8(12)6-4-2-3-5-7(6)11(13)9(10)14/h2-5,13H,1H3. The van der Waals surface area contributed by atoms with Crippen LogP contribution in [0, 0.1) is 4.77 Å². The lowest BCUT2D eigenvalue weighted by molar-refractivity contribution is 0.186. The van der Waals surface area contributed by atoms with Crippen LogP contribution in [0.4, 0.5) is 0 Å². The van der Waals surface area contributed by atoms with Gasteiger partial charge in [0.1, 0.15) is 0 Å². The van der Waals surface area contributed by atoms with Crippen molar-refractivity contribution in [2.24, 2.45) is 7.05 Å². The summed E-state index contributed by atoms with van der Waals surface area (Å²) in [4.78, 5) is 11.7. The van der Waals surface area contributed by atoms with Crippen LogP contribution < -0.4 is 5.56 Å². The van der Waals surface area contributed by atoms with Crippen LogP contribution >= 0.6 is 12.2 Å². The highest BCUT2D eigenvalue weighted by Crippen LogP contribution is 2.07. The molecule has 1 aromatic heterocycles. The molecular weight excluding hydrogens is 200 g/mol. The van der Waals surface area contributed by atoms with Crippen LogP contribution in [0.5, 0.6) is 0 Å². The molecule has 0 saturated heterocycles. The molecule has 14 heavy (non-hydrogen) atoms. The van der Waals surface area contributed by atoms with Gasteiger partial charge in [-0.05, 0) is 24.4 Å². The van der Waals surface area contributed by atoms with E-state index in [0.717, 1.165) is 4.73 Å². The Balaban J connectivity index is 3.19. The fraction of sp³-hybridized carbons (Fsp3) is 0.111. The maximum absolute atomic E-state index is 11.7. The molecule has 0 aliphatic rings. The van der Waals surface area contributed by atoms with Crippen molar-refractivity contribution in [3.8, 4) is 0 Å². The Kier molecular flexibility index (Phi) is 1.89. The number of hydrogen-bond acceptors (Lipinski definition) is 3. The Hall–Kier alpha value is -1.62. The summed E-state index contributed by atoms with van der Waals surface area (Å²) >= 11 is 4.89. The lowest BCUT2D eigenvalue weighted by atomic mass is 10.2. The van der Waals surface area contributed by atoms with Crippen molar-refractivity contribution in [2.45, 2.75) is 0 Å². The van der Waals surface area contributed by atoms with Gasteiger partial charge in [-0.25, -0.2) is 0 Å². The first-order valence-electron chi connectivity index (χ1n) is 4.03. The molecule has 2 aromatic rings. The van der Waals surface area contributed by atoms with Gasteiger partial charge in [0.15, 0.2) is 0 Å². The minimum Gasteiger partial charge on any atom is -0.426 e. The Labute approximate surface area is 84.6 Å². The van der Waals surface area contributed by atoms with Crippen molar-refractivity contribution >= 4 is 23.1 Å². The zero-order valence-corrected chi connectivity index (χ0v) is 8.28. The quantitative estimate of drug-likeness (QED) is 0.524. The molecule has 0 radical (unpaired) electrons. The molecule has 2 rings (SSSR count). The fourth-order valence-electron chi connectivity index (χ4n) is 1.35. The summed E-state index contributed by atoms with van der Waals surface area (Å²) in [6, 6.07) is 6.78. The summed E-state index contributed by atoms with van der Waals surface area (Å²) < 4.78 is 2.16. The van der Waals surface area contributed by atoms with Gasteiger partial charge < -0.3 is 5.21 Å². The predicted molar refractivity (Wildman–Crippen MR) is 55.2 cm³/mol. The second-order valence-corrected chi connectivity index (χ2v) is 3.34. The van der Waals surface area contributed by atoms with Gasteiger partial charge in [0.05, 0.1) is 10.9 Å². The zero-order valence-electron chi connectivity index (χ0n) is 7.47. The fourth-order valence-corrected chi connectivity index (χ4v) is 1.53. The highest BCUT2D eigenvalue weighted by Gasteiger charge is 2.05. The molecule has 0 fully saturated rings. The molecule has 0 saturated carbocycles. The van der Waals surface area contributed by atoms with Crippen LogP contribution in [0.3, 0.4) is 0 Å². The average Bonchev–Trinajstić information content (AvgIpc) is 2.23. The number of nitrogens with zero attached hydrogens (tertiary/aromatic N) is 2. The van der Waals surface area contributed by atoms with Crippen molar-refractivity contribution < 1.29 is 5.21 Å². The van der Waals surface area contributed by atoms with Crippen LogP contribution in [0.25, 0.3) is 10.9 Å². The van der Waals surface area contributed by atoms with Gasteiger partial charge in [-0.2, -0.15) is 4.73 Å². The first-order valence-corrected chi connectivity index (χ1v) is 4.44. The monoisotopic (exact) mass is 208 g/mol. The smallest absolute Gasteiger partial charge is 0.262 e. The SMILES string of the molecule is Cn1c(=O)c2ccccc2n(O)c1=S. The van der Waals surface area contributed by atoms with E-state index in [1.54, 1.807) is 24.3 Å². The molecule has 1 N–H and O–H groups in total. The van der Waals surface area contributed by atoms with E-state index in [4.69, 9.17) is 12.2 Å². The van der Waals surface area contributed by atoms with Gasteiger partial charge in [-0.1, -0.05) is 12.1 Å². The van der Waals surface area contributed by atoms with Crippen LogP contribution in [-0.4, -0.2) is 14.5 Å². The van der Waals surface area contributed by atoms with Crippen LogP contribution in [0.15, 0.2) is 29.1 Å². The molecule has 1 aromatic carbocycles. The zero-order chi connectivity index (χ0) is 10.3. The number of para-hydroxylation sites is 1.